The molecule has 0 aliphatic heterocycles. The highest BCUT2D eigenvalue weighted by Gasteiger charge is 2.06. The Morgan fingerprint density at radius 3 is 2.78 bits per heavy atom. The van der Waals surface area contributed by atoms with Gasteiger partial charge in [-0.3, -0.25) is 0 Å². The summed E-state index contributed by atoms with van der Waals surface area (Å²) in [6, 6.07) is 12.5. The number of fused-ring (bicyclic) bond motifs is 1. The molecule has 0 amide bonds. The van der Waals surface area contributed by atoms with E-state index in [4.69, 9.17) is 0 Å². The molecule has 0 atom stereocenters. The molecule has 3 rings (SSSR count). The Morgan fingerprint density at radius 2 is 2.00 bits per heavy atom. The van der Waals surface area contributed by atoms with Crippen LogP contribution in [-0.2, 0) is 0 Å². The first-order valence-corrected chi connectivity index (χ1v) is 6.91. The lowest BCUT2D eigenvalue weighted by Gasteiger charge is -2.04. The maximum atomic E-state index is 13.0. The molecule has 90 valence electrons. The fraction of sp³-hybridized carbons (Fsp3) is 0. The van der Waals surface area contributed by atoms with Gasteiger partial charge >= 0.3 is 0 Å². The molecule has 0 unspecified atom stereocenters. The van der Waals surface area contributed by atoms with Gasteiger partial charge in [0.25, 0.3) is 0 Å². The predicted molar refractivity (Wildman–Crippen MR) is 77.0 cm³/mol. The van der Waals surface area contributed by atoms with Crippen LogP contribution < -0.4 is 5.32 Å². The summed E-state index contributed by atoms with van der Waals surface area (Å²) in [5.74, 6) is -0.267. The molecule has 2 aromatic carbocycles. The average Bonchev–Trinajstić information content (AvgIpc) is 2.75. The van der Waals surface area contributed by atoms with Crippen LogP contribution in [0.5, 0.6) is 0 Å². The molecule has 0 saturated heterocycles. The number of hydrogen-bond donors (Lipinski definition) is 1. The van der Waals surface area contributed by atoms with Crippen LogP contribution in [0.25, 0.3) is 10.2 Å². The Bertz CT molecular complexity index is 678. The van der Waals surface area contributed by atoms with Crippen LogP contribution in [-0.4, -0.2) is 4.98 Å². The van der Waals surface area contributed by atoms with E-state index in [2.05, 4.69) is 26.2 Å². The number of nitrogens with zero attached hydrogens (tertiary/aromatic N) is 1. The minimum Gasteiger partial charge on any atom is -0.331 e. The lowest BCUT2D eigenvalue weighted by molar-refractivity contribution is 0.627. The van der Waals surface area contributed by atoms with E-state index in [1.165, 1.54) is 12.1 Å². The zero-order chi connectivity index (χ0) is 12.5. The van der Waals surface area contributed by atoms with Gasteiger partial charge in [-0.2, -0.15) is 0 Å². The monoisotopic (exact) mass is 322 g/mol. The van der Waals surface area contributed by atoms with Gasteiger partial charge in [-0.05, 0) is 46.3 Å². The van der Waals surface area contributed by atoms with Crippen LogP contribution in [0, 0.1) is 5.82 Å². The summed E-state index contributed by atoms with van der Waals surface area (Å²) in [4.78, 5) is 4.46. The predicted octanol–water partition coefficient (Wildman–Crippen LogP) is 4.94. The van der Waals surface area contributed by atoms with E-state index in [9.17, 15) is 4.39 Å². The normalized spacial score (nSPS) is 10.8. The molecule has 0 bridgehead atoms. The van der Waals surface area contributed by atoms with E-state index < -0.39 is 0 Å². The van der Waals surface area contributed by atoms with Gasteiger partial charge in [0.2, 0.25) is 0 Å². The SMILES string of the molecule is Fc1ccc(Nc2nc3ccccc3s2)c(Br)c1. The zero-order valence-electron chi connectivity index (χ0n) is 9.15. The van der Waals surface area contributed by atoms with Gasteiger partial charge < -0.3 is 5.32 Å². The largest absolute Gasteiger partial charge is 0.331 e. The van der Waals surface area contributed by atoms with Crippen molar-refractivity contribution < 1.29 is 4.39 Å². The number of hydrogen-bond acceptors (Lipinski definition) is 3. The van der Waals surface area contributed by atoms with Crippen molar-refractivity contribution in [2.75, 3.05) is 5.32 Å². The molecular formula is C13H8BrFN2S. The molecule has 0 aliphatic carbocycles. The molecule has 0 radical (unpaired) electrons. The third-order valence-corrected chi connectivity index (χ3v) is 4.07. The first-order valence-electron chi connectivity index (χ1n) is 5.30. The molecule has 0 fully saturated rings. The smallest absolute Gasteiger partial charge is 0.188 e. The molecule has 3 aromatic rings. The molecular weight excluding hydrogens is 315 g/mol. The van der Waals surface area contributed by atoms with Crippen LogP contribution in [0.4, 0.5) is 15.2 Å². The zero-order valence-corrected chi connectivity index (χ0v) is 11.6. The summed E-state index contributed by atoms with van der Waals surface area (Å²) >= 11 is 4.89. The van der Waals surface area contributed by atoms with E-state index in [-0.39, 0.29) is 5.82 Å². The van der Waals surface area contributed by atoms with Crippen molar-refractivity contribution in [3.63, 3.8) is 0 Å². The highest BCUT2D eigenvalue weighted by atomic mass is 79.9. The Hall–Kier alpha value is -1.46. The molecule has 2 nitrogen and oxygen atoms in total. The molecule has 0 spiro atoms. The minimum atomic E-state index is -0.267. The number of benzene rings is 2. The summed E-state index contributed by atoms with van der Waals surface area (Å²) in [7, 11) is 0. The second kappa shape index (κ2) is 4.66. The number of aromatic nitrogens is 1. The highest BCUT2D eigenvalue weighted by Crippen LogP contribution is 2.31. The van der Waals surface area contributed by atoms with Gasteiger partial charge in [-0.1, -0.05) is 23.5 Å². The van der Waals surface area contributed by atoms with Crippen molar-refractivity contribution >= 4 is 48.3 Å². The van der Waals surface area contributed by atoms with Gasteiger partial charge in [-0.15, -0.1) is 0 Å². The summed E-state index contributed by atoms with van der Waals surface area (Å²) in [6.07, 6.45) is 0. The van der Waals surface area contributed by atoms with Crippen molar-refractivity contribution in [1.29, 1.82) is 0 Å². The lowest BCUT2D eigenvalue weighted by atomic mass is 10.3. The van der Waals surface area contributed by atoms with E-state index in [1.807, 2.05) is 24.3 Å². The summed E-state index contributed by atoms with van der Waals surface area (Å²) in [6.45, 7) is 0. The molecule has 5 heteroatoms. The number of anilines is 2. The topological polar surface area (TPSA) is 24.9 Å². The van der Waals surface area contributed by atoms with Crippen molar-refractivity contribution in [3.05, 3.63) is 52.8 Å². The summed E-state index contributed by atoms with van der Waals surface area (Å²) < 4.78 is 14.8. The molecule has 18 heavy (non-hydrogen) atoms. The van der Waals surface area contributed by atoms with Crippen LogP contribution >= 0.6 is 27.3 Å². The maximum Gasteiger partial charge on any atom is 0.188 e. The van der Waals surface area contributed by atoms with Crippen LogP contribution in [0.15, 0.2) is 46.9 Å². The third-order valence-electron chi connectivity index (χ3n) is 2.47. The Morgan fingerprint density at radius 1 is 1.17 bits per heavy atom. The first-order chi connectivity index (χ1) is 8.72. The lowest BCUT2D eigenvalue weighted by Crippen LogP contribution is -1.90. The van der Waals surface area contributed by atoms with Crippen LogP contribution in [0.3, 0.4) is 0 Å². The van der Waals surface area contributed by atoms with Gasteiger partial charge in [-0.25, -0.2) is 9.37 Å². The van der Waals surface area contributed by atoms with Crippen molar-refractivity contribution in [2.45, 2.75) is 0 Å². The van der Waals surface area contributed by atoms with Gasteiger partial charge in [0.05, 0.1) is 15.9 Å². The Balaban J connectivity index is 1.96. The molecule has 1 heterocycles. The number of rotatable bonds is 2. The quantitative estimate of drug-likeness (QED) is 0.722. The average molecular weight is 323 g/mol. The second-order valence-electron chi connectivity index (χ2n) is 3.74. The van der Waals surface area contributed by atoms with E-state index in [0.29, 0.717) is 4.47 Å². The second-order valence-corrected chi connectivity index (χ2v) is 5.62. The summed E-state index contributed by atoms with van der Waals surface area (Å²) in [5.41, 5.74) is 1.76. The summed E-state index contributed by atoms with van der Waals surface area (Å²) in [5, 5.41) is 3.98. The first kappa shape index (κ1) is 11.6. The van der Waals surface area contributed by atoms with E-state index in [1.54, 1.807) is 17.4 Å². The van der Waals surface area contributed by atoms with Crippen LogP contribution in [0.1, 0.15) is 0 Å². The number of para-hydroxylation sites is 1. The van der Waals surface area contributed by atoms with Gasteiger partial charge in [0.1, 0.15) is 5.82 Å². The number of halogens is 2. The highest BCUT2D eigenvalue weighted by molar-refractivity contribution is 9.10. The molecule has 1 N–H and O–H groups in total. The Kier molecular flexibility index (Phi) is 3.01. The maximum absolute atomic E-state index is 13.0. The number of nitrogens with one attached hydrogen (secondary N) is 1. The standard InChI is InChI=1S/C13H8BrFN2S/c14-9-7-8(15)5-6-10(9)16-13-17-11-3-1-2-4-12(11)18-13/h1-7H,(H,16,17). The van der Waals surface area contributed by atoms with E-state index >= 15 is 0 Å². The number of thiazole rings is 1. The fourth-order valence-corrected chi connectivity index (χ4v) is 2.96. The molecule has 1 aromatic heterocycles. The molecule has 0 aliphatic rings. The van der Waals surface area contributed by atoms with E-state index in [0.717, 1.165) is 21.0 Å². The van der Waals surface area contributed by atoms with Crippen molar-refractivity contribution in [1.82, 2.24) is 4.98 Å². The third kappa shape index (κ3) is 2.23. The van der Waals surface area contributed by atoms with Gasteiger partial charge in [0.15, 0.2) is 5.13 Å². The van der Waals surface area contributed by atoms with Crippen molar-refractivity contribution in [3.8, 4) is 0 Å². The van der Waals surface area contributed by atoms with Crippen molar-refractivity contribution in [2.24, 2.45) is 0 Å². The minimum absolute atomic E-state index is 0.267. The molecule has 0 saturated carbocycles. The Labute approximate surface area is 116 Å². The van der Waals surface area contributed by atoms with Crippen LogP contribution in [0.2, 0.25) is 0 Å². The fourth-order valence-electron chi connectivity index (χ4n) is 1.63. The van der Waals surface area contributed by atoms with Gasteiger partial charge in [0, 0.05) is 4.47 Å².